The van der Waals surface area contributed by atoms with Gasteiger partial charge in [-0.05, 0) is 62.2 Å². The first-order valence-electron chi connectivity index (χ1n) is 8.56. The Morgan fingerprint density at radius 1 is 1.24 bits per heavy atom. The Morgan fingerprint density at radius 3 is 2.62 bits per heavy atom. The molecule has 1 N–H and O–H groups in total. The van der Waals surface area contributed by atoms with E-state index >= 15 is 0 Å². The van der Waals surface area contributed by atoms with Crippen molar-refractivity contribution in [1.29, 1.82) is 0 Å². The molecule has 21 heavy (non-hydrogen) atoms. The standard InChI is InChI=1S/C18H30N2S/c1-18(2,3)17-9-8-16(21-17)13-20(15-6-7-15)12-14-5-4-10-19-11-14/h8-9,14-15,19H,4-7,10-13H2,1-3H3. The summed E-state index contributed by atoms with van der Waals surface area (Å²) < 4.78 is 0. The van der Waals surface area contributed by atoms with Gasteiger partial charge in [0, 0.05) is 28.9 Å². The Balaban J connectivity index is 1.61. The van der Waals surface area contributed by atoms with Crippen LogP contribution in [-0.4, -0.2) is 30.6 Å². The molecule has 1 unspecified atom stereocenters. The molecule has 3 rings (SSSR count). The van der Waals surface area contributed by atoms with Gasteiger partial charge in [0.1, 0.15) is 0 Å². The number of nitrogens with zero attached hydrogens (tertiary/aromatic N) is 1. The Morgan fingerprint density at radius 2 is 2.05 bits per heavy atom. The van der Waals surface area contributed by atoms with Crippen LogP contribution in [-0.2, 0) is 12.0 Å². The fourth-order valence-electron chi connectivity index (χ4n) is 3.26. The second-order valence-corrected chi connectivity index (χ2v) is 9.06. The number of nitrogens with one attached hydrogen (secondary N) is 1. The van der Waals surface area contributed by atoms with Gasteiger partial charge in [-0.15, -0.1) is 11.3 Å². The number of rotatable bonds is 5. The van der Waals surface area contributed by atoms with Crippen molar-refractivity contribution in [2.24, 2.45) is 5.92 Å². The molecule has 3 heteroatoms. The van der Waals surface area contributed by atoms with Gasteiger partial charge in [-0.1, -0.05) is 20.8 Å². The fraction of sp³-hybridized carbons (Fsp3) is 0.778. The van der Waals surface area contributed by atoms with E-state index in [0.29, 0.717) is 5.41 Å². The van der Waals surface area contributed by atoms with Crippen LogP contribution in [0.1, 0.15) is 56.2 Å². The molecule has 1 aliphatic heterocycles. The van der Waals surface area contributed by atoms with Crippen molar-refractivity contribution >= 4 is 11.3 Å². The zero-order valence-corrected chi connectivity index (χ0v) is 14.6. The van der Waals surface area contributed by atoms with Crippen LogP contribution < -0.4 is 5.32 Å². The predicted octanol–water partition coefficient (Wildman–Crippen LogP) is 4.01. The molecule has 0 bridgehead atoms. The monoisotopic (exact) mass is 306 g/mol. The number of thiophene rings is 1. The van der Waals surface area contributed by atoms with Crippen LogP contribution in [0.4, 0.5) is 0 Å². The maximum atomic E-state index is 3.56. The molecule has 2 heterocycles. The topological polar surface area (TPSA) is 15.3 Å². The maximum Gasteiger partial charge on any atom is 0.0331 e. The molecule has 2 fully saturated rings. The molecule has 118 valence electrons. The van der Waals surface area contributed by atoms with Crippen LogP contribution in [0.2, 0.25) is 0 Å². The quantitative estimate of drug-likeness (QED) is 0.884. The zero-order valence-electron chi connectivity index (χ0n) is 13.8. The van der Waals surface area contributed by atoms with Gasteiger partial charge in [-0.25, -0.2) is 0 Å². The van der Waals surface area contributed by atoms with E-state index in [9.17, 15) is 0 Å². The molecule has 2 aliphatic rings. The summed E-state index contributed by atoms with van der Waals surface area (Å²) in [5, 5.41) is 3.56. The van der Waals surface area contributed by atoms with Gasteiger partial charge in [0.25, 0.3) is 0 Å². The van der Waals surface area contributed by atoms with E-state index in [1.165, 1.54) is 56.7 Å². The van der Waals surface area contributed by atoms with Crippen molar-refractivity contribution in [1.82, 2.24) is 10.2 Å². The van der Waals surface area contributed by atoms with Gasteiger partial charge in [0.15, 0.2) is 0 Å². The summed E-state index contributed by atoms with van der Waals surface area (Å²) in [6, 6.07) is 5.57. The predicted molar refractivity (Wildman–Crippen MR) is 92.0 cm³/mol. The van der Waals surface area contributed by atoms with E-state index < -0.39 is 0 Å². The summed E-state index contributed by atoms with van der Waals surface area (Å²) in [5.74, 6) is 0.862. The minimum atomic E-state index is 0.292. The van der Waals surface area contributed by atoms with Crippen molar-refractivity contribution in [3.05, 3.63) is 21.9 Å². The molecule has 1 atom stereocenters. The van der Waals surface area contributed by atoms with Crippen molar-refractivity contribution in [2.75, 3.05) is 19.6 Å². The van der Waals surface area contributed by atoms with E-state index in [1.54, 1.807) is 4.88 Å². The van der Waals surface area contributed by atoms with Crippen molar-refractivity contribution in [3.8, 4) is 0 Å². The highest BCUT2D eigenvalue weighted by molar-refractivity contribution is 7.12. The molecule has 1 aliphatic carbocycles. The minimum absolute atomic E-state index is 0.292. The minimum Gasteiger partial charge on any atom is -0.316 e. The molecule has 0 amide bonds. The van der Waals surface area contributed by atoms with Gasteiger partial charge in [-0.2, -0.15) is 0 Å². The van der Waals surface area contributed by atoms with E-state index in [4.69, 9.17) is 0 Å². The highest BCUT2D eigenvalue weighted by atomic mass is 32.1. The summed E-state index contributed by atoms with van der Waals surface area (Å²) in [6.07, 6.45) is 5.60. The summed E-state index contributed by atoms with van der Waals surface area (Å²) in [4.78, 5) is 5.83. The smallest absolute Gasteiger partial charge is 0.0331 e. The number of hydrogen-bond donors (Lipinski definition) is 1. The third kappa shape index (κ3) is 4.30. The molecule has 2 nitrogen and oxygen atoms in total. The van der Waals surface area contributed by atoms with Gasteiger partial charge < -0.3 is 5.32 Å². The van der Waals surface area contributed by atoms with Crippen LogP contribution in [0, 0.1) is 5.92 Å². The first-order valence-corrected chi connectivity index (χ1v) is 9.38. The number of hydrogen-bond acceptors (Lipinski definition) is 3. The molecule has 0 radical (unpaired) electrons. The average Bonchev–Trinajstić information content (AvgIpc) is 3.17. The van der Waals surface area contributed by atoms with Crippen LogP contribution >= 0.6 is 11.3 Å². The lowest BCUT2D eigenvalue weighted by molar-refractivity contribution is 0.194. The first kappa shape index (κ1) is 15.5. The molecule has 1 saturated heterocycles. The normalized spacial score (nSPS) is 23.7. The Hall–Kier alpha value is -0.380. The Kier molecular flexibility index (Phi) is 4.72. The molecule has 1 aromatic rings. The second kappa shape index (κ2) is 6.39. The van der Waals surface area contributed by atoms with Gasteiger partial charge in [0.05, 0.1) is 0 Å². The molecule has 0 aromatic carbocycles. The second-order valence-electron chi connectivity index (χ2n) is 7.89. The average molecular weight is 307 g/mol. The molecular formula is C18H30N2S. The SMILES string of the molecule is CC(C)(C)c1ccc(CN(CC2CCCNC2)C2CC2)s1. The maximum absolute atomic E-state index is 3.56. The largest absolute Gasteiger partial charge is 0.316 e. The molecule has 1 saturated carbocycles. The van der Waals surface area contributed by atoms with E-state index in [-0.39, 0.29) is 0 Å². The fourth-order valence-corrected chi connectivity index (χ4v) is 4.35. The number of piperidine rings is 1. The van der Waals surface area contributed by atoms with Crippen molar-refractivity contribution in [3.63, 3.8) is 0 Å². The molecular weight excluding hydrogens is 276 g/mol. The van der Waals surface area contributed by atoms with Gasteiger partial charge in [-0.3, -0.25) is 4.90 Å². The summed E-state index contributed by atoms with van der Waals surface area (Å²) in [7, 11) is 0. The summed E-state index contributed by atoms with van der Waals surface area (Å²) in [6.45, 7) is 11.8. The lowest BCUT2D eigenvalue weighted by Crippen LogP contribution is -2.38. The Bertz CT molecular complexity index is 450. The van der Waals surface area contributed by atoms with Crippen LogP contribution in [0.3, 0.4) is 0 Å². The van der Waals surface area contributed by atoms with Crippen LogP contribution in [0.5, 0.6) is 0 Å². The third-order valence-electron chi connectivity index (χ3n) is 4.71. The lowest BCUT2D eigenvalue weighted by atomic mass is 9.95. The van der Waals surface area contributed by atoms with Crippen LogP contribution in [0.15, 0.2) is 12.1 Å². The highest BCUT2D eigenvalue weighted by Crippen LogP contribution is 2.34. The lowest BCUT2D eigenvalue weighted by Gasteiger charge is -2.30. The van der Waals surface area contributed by atoms with Gasteiger partial charge >= 0.3 is 0 Å². The van der Waals surface area contributed by atoms with E-state index in [1.807, 2.05) is 11.3 Å². The zero-order chi connectivity index (χ0) is 14.9. The molecule has 0 spiro atoms. The van der Waals surface area contributed by atoms with E-state index in [0.717, 1.165) is 12.0 Å². The van der Waals surface area contributed by atoms with Crippen molar-refractivity contribution < 1.29 is 0 Å². The third-order valence-corrected chi connectivity index (χ3v) is 6.21. The van der Waals surface area contributed by atoms with E-state index in [2.05, 4.69) is 43.1 Å². The summed E-state index contributed by atoms with van der Waals surface area (Å²) >= 11 is 2.02. The van der Waals surface area contributed by atoms with Crippen LogP contribution in [0.25, 0.3) is 0 Å². The first-order chi connectivity index (χ1) is 10.0. The highest BCUT2D eigenvalue weighted by Gasteiger charge is 2.31. The van der Waals surface area contributed by atoms with Crippen molar-refractivity contribution in [2.45, 2.75) is 64.5 Å². The Labute approximate surface area is 133 Å². The summed E-state index contributed by atoms with van der Waals surface area (Å²) in [5.41, 5.74) is 0.292. The molecule has 1 aromatic heterocycles. The van der Waals surface area contributed by atoms with Gasteiger partial charge in [0.2, 0.25) is 0 Å².